The van der Waals surface area contributed by atoms with Crippen LogP contribution < -0.4 is 16.0 Å². The van der Waals surface area contributed by atoms with Crippen molar-refractivity contribution < 1.29 is 19.1 Å². The van der Waals surface area contributed by atoms with Crippen LogP contribution in [0.1, 0.15) is 56.9 Å². The van der Waals surface area contributed by atoms with Gasteiger partial charge >= 0.3 is 0 Å². The molecule has 8 nitrogen and oxygen atoms in total. The number of anilines is 2. The van der Waals surface area contributed by atoms with Gasteiger partial charge in [0.25, 0.3) is 5.91 Å². The van der Waals surface area contributed by atoms with Gasteiger partial charge in [-0.2, -0.15) is 0 Å². The van der Waals surface area contributed by atoms with E-state index in [-0.39, 0.29) is 23.9 Å². The summed E-state index contributed by atoms with van der Waals surface area (Å²) in [6.07, 6.45) is 7.22. The highest BCUT2D eigenvalue weighted by Crippen LogP contribution is 2.36. The molecular formula is C32H42N4O4. The van der Waals surface area contributed by atoms with Gasteiger partial charge in [-0.15, -0.1) is 0 Å². The van der Waals surface area contributed by atoms with Gasteiger partial charge in [0.2, 0.25) is 5.91 Å². The smallest absolute Gasteiger partial charge is 0.253 e. The number of rotatable bonds is 8. The summed E-state index contributed by atoms with van der Waals surface area (Å²) in [4.78, 5) is 30.8. The monoisotopic (exact) mass is 546 g/mol. The summed E-state index contributed by atoms with van der Waals surface area (Å²) in [6, 6.07) is 15.3. The third-order valence-corrected chi connectivity index (χ3v) is 8.83. The third-order valence-electron chi connectivity index (χ3n) is 8.83. The molecule has 2 aliphatic heterocycles. The van der Waals surface area contributed by atoms with Crippen LogP contribution in [0.2, 0.25) is 0 Å². The summed E-state index contributed by atoms with van der Waals surface area (Å²) in [7, 11) is 0. The van der Waals surface area contributed by atoms with Gasteiger partial charge < -0.3 is 30.3 Å². The molecule has 2 amide bonds. The van der Waals surface area contributed by atoms with E-state index in [4.69, 9.17) is 15.2 Å². The fraction of sp³-hybridized carbons (Fsp3) is 0.562. The summed E-state index contributed by atoms with van der Waals surface area (Å²) >= 11 is 0. The Morgan fingerprint density at radius 3 is 2.42 bits per heavy atom. The van der Waals surface area contributed by atoms with Crippen LogP contribution in [0.3, 0.4) is 0 Å². The summed E-state index contributed by atoms with van der Waals surface area (Å²) in [5.41, 5.74) is 11.2. The molecule has 2 heterocycles. The number of hydrogen-bond donors (Lipinski definition) is 2. The van der Waals surface area contributed by atoms with Crippen molar-refractivity contribution in [3.05, 3.63) is 48.0 Å². The van der Waals surface area contributed by atoms with Crippen LogP contribution in [-0.2, 0) is 25.6 Å². The van der Waals surface area contributed by atoms with Gasteiger partial charge in [-0.1, -0.05) is 24.3 Å². The normalized spacial score (nSPS) is 25.0. The molecule has 0 radical (unpaired) electrons. The zero-order valence-corrected chi connectivity index (χ0v) is 23.4. The van der Waals surface area contributed by atoms with E-state index in [0.29, 0.717) is 32.3 Å². The number of morpholine rings is 1. The Balaban J connectivity index is 1.25. The number of amides is 2. The van der Waals surface area contributed by atoms with Gasteiger partial charge in [0, 0.05) is 44.2 Å². The lowest BCUT2D eigenvalue weighted by atomic mass is 9.90. The maximum atomic E-state index is 13.3. The molecule has 0 bridgehead atoms. The Morgan fingerprint density at radius 2 is 1.70 bits per heavy atom. The predicted molar refractivity (Wildman–Crippen MR) is 156 cm³/mol. The number of carbonyl (C=O) groups is 2. The molecule has 2 aromatic carbocycles. The maximum absolute atomic E-state index is 13.3. The molecule has 2 aliphatic carbocycles. The fourth-order valence-electron chi connectivity index (χ4n) is 6.30. The lowest BCUT2D eigenvalue weighted by Gasteiger charge is -2.36. The van der Waals surface area contributed by atoms with E-state index in [1.165, 1.54) is 0 Å². The Bertz CT molecular complexity index is 1200. The number of ether oxygens (including phenoxy) is 2. The maximum Gasteiger partial charge on any atom is 0.253 e. The zero-order valence-electron chi connectivity index (χ0n) is 23.4. The predicted octanol–water partition coefficient (Wildman–Crippen LogP) is 4.32. The van der Waals surface area contributed by atoms with E-state index in [0.717, 1.165) is 92.5 Å². The van der Waals surface area contributed by atoms with Crippen molar-refractivity contribution in [1.82, 2.24) is 4.90 Å². The second-order valence-corrected chi connectivity index (χ2v) is 11.8. The molecule has 3 N–H and O–H groups in total. The second-order valence-electron chi connectivity index (χ2n) is 11.8. The van der Waals surface area contributed by atoms with E-state index in [2.05, 4.69) is 57.6 Å². The van der Waals surface area contributed by atoms with Crippen molar-refractivity contribution in [2.75, 3.05) is 43.1 Å². The lowest BCUT2D eigenvalue weighted by molar-refractivity contribution is -0.136. The first-order valence-corrected chi connectivity index (χ1v) is 15.1. The van der Waals surface area contributed by atoms with E-state index >= 15 is 0 Å². The van der Waals surface area contributed by atoms with Crippen molar-refractivity contribution in [2.24, 2.45) is 11.7 Å². The minimum absolute atomic E-state index is 0.0839. The molecule has 1 atom stereocenters. The summed E-state index contributed by atoms with van der Waals surface area (Å²) in [6.45, 7) is 4.17. The first-order valence-electron chi connectivity index (χ1n) is 15.1. The Labute approximate surface area is 237 Å². The number of nitrogens with two attached hydrogens (primary N) is 1. The van der Waals surface area contributed by atoms with Crippen LogP contribution in [0.15, 0.2) is 42.5 Å². The first kappa shape index (κ1) is 27.2. The van der Waals surface area contributed by atoms with Crippen LogP contribution in [-0.4, -0.2) is 67.8 Å². The highest BCUT2D eigenvalue weighted by Gasteiger charge is 2.37. The van der Waals surface area contributed by atoms with E-state index in [1.807, 2.05) is 0 Å². The average molecular weight is 547 g/mol. The lowest BCUT2D eigenvalue weighted by Crippen LogP contribution is -2.44. The van der Waals surface area contributed by atoms with Gasteiger partial charge in [0.05, 0.1) is 24.6 Å². The molecule has 0 spiro atoms. The molecule has 2 aromatic rings. The summed E-state index contributed by atoms with van der Waals surface area (Å²) < 4.78 is 11.2. The molecule has 0 aromatic heterocycles. The molecule has 4 aliphatic rings. The minimum Gasteiger partial charge on any atom is -0.378 e. The number of benzene rings is 2. The average Bonchev–Trinajstić information content (AvgIpc) is 3.69. The highest BCUT2D eigenvalue weighted by atomic mass is 16.5. The molecule has 2 saturated heterocycles. The van der Waals surface area contributed by atoms with Crippen molar-refractivity contribution in [1.29, 1.82) is 0 Å². The summed E-state index contributed by atoms with van der Waals surface area (Å²) in [5.74, 6) is 0.417. The minimum atomic E-state index is -0.395. The van der Waals surface area contributed by atoms with Crippen LogP contribution in [0.5, 0.6) is 0 Å². The van der Waals surface area contributed by atoms with E-state index in [1.54, 1.807) is 0 Å². The standard InChI is InChI=1S/C32H42N4O4/c33-26-9-11-27(12-10-26)36(32(38)23-6-7-23)21-22-3-1-4-24(19-22)25-8-13-29(35-14-17-39-18-15-35)28(20-25)34-31(37)30-5-2-16-40-30/h1,3-4,8,13,19-20,23,26-27,30H,2,5-7,9-12,14-18,21,33H2,(H,34,37). The van der Waals surface area contributed by atoms with Crippen LogP contribution >= 0.6 is 0 Å². The highest BCUT2D eigenvalue weighted by molar-refractivity contribution is 5.98. The van der Waals surface area contributed by atoms with Gasteiger partial charge in [0.1, 0.15) is 6.10 Å². The zero-order chi connectivity index (χ0) is 27.5. The molecule has 1 unspecified atom stereocenters. The van der Waals surface area contributed by atoms with Gasteiger partial charge in [-0.05, 0) is 86.3 Å². The largest absolute Gasteiger partial charge is 0.378 e. The van der Waals surface area contributed by atoms with Crippen molar-refractivity contribution in [3.63, 3.8) is 0 Å². The molecule has 214 valence electrons. The van der Waals surface area contributed by atoms with Crippen molar-refractivity contribution in [2.45, 2.75) is 76.1 Å². The number of nitrogens with one attached hydrogen (secondary N) is 1. The Kier molecular flexibility index (Phi) is 8.37. The van der Waals surface area contributed by atoms with Gasteiger partial charge in [-0.3, -0.25) is 9.59 Å². The quantitative estimate of drug-likeness (QED) is 0.512. The second kappa shape index (κ2) is 12.3. The Hall–Kier alpha value is -2.94. The topological polar surface area (TPSA) is 97.1 Å². The van der Waals surface area contributed by atoms with Crippen LogP contribution in [0, 0.1) is 5.92 Å². The number of carbonyl (C=O) groups excluding carboxylic acids is 2. The van der Waals surface area contributed by atoms with Crippen molar-refractivity contribution in [3.8, 4) is 11.1 Å². The molecule has 40 heavy (non-hydrogen) atoms. The number of hydrogen-bond acceptors (Lipinski definition) is 6. The number of nitrogens with zero attached hydrogens (tertiary/aromatic N) is 2. The van der Waals surface area contributed by atoms with Crippen molar-refractivity contribution >= 4 is 23.2 Å². The molecule has 8 heteroatoms. The van der Waals surface area contributed by atoms with Crippen LogP contribution in [0.25, 0.3) is 11.1 Å². The first-order chi connectivity index (χ1) is 19.5. The molecule has 2 saturated carbocycles. The molecule has 6 rings (SSSR count). The van der Waals surface area contributed by atoms with E-state index in [9.17, 15) is 9.59 Å². The summed E-state index contributed by atoms with van der Waals surface area (Å²) in [5, 5.41) is 3.18. The van der Waals surface area contributed by atoms with E-state index < -0.39 is 6.10 Å². The fourth-order valence-corrected chi connectivity index (χ4v) is 6.30. The van der Waals surface area contributed by atoms with Crippen LogP contribution in [0.4, 0.5) is 11.4 Å². The SMILES string of the molecule is NC1CCC(N(Cc2cccc(-c3ccc(N4CCOCC4)c(NC(=O)C4CCCO4)c3)c2)C(=O)C2CC2)CC1. The third kappa shape index (κ3) is 6.35. The Morgan fingerprint density at radius 1 is 0.925 bits per heavy atom. The van der Waals surface area contributed by atoms with Gasteiger partial charge in [0.15, 0.2) is 0 Å². The van der Waals surface area contributed by atoms with Gasteiger partial charge in [-0.25, -0.2) is 0 Å². The molecular weight excluding hydrogens is 504 g/mol. The molecule has 4 fully saturated rings.